The van der Waals surface area contributed by atoms with Crippen molar-refractivity contribution in [3.63, 3.8) is 0 Å². The topological polar surface area (TPSA) is 62.8 Å². The highest BCUT2D eigenvalue weighted by Crippen LogP contribution is 2.36. The summed E-state index contributed by atoms with van der Waals surface area (Å²) in [5.74, 6) is 3.85. The second-order valence-electron chi connectivity index (χ2n) is 10.3. The average Bonchev–Trinajstić information content (AvgIpc) is 3.14. The Hall–Kier alpha value is -3.06. The van der Waals surface area contributed by atoms with E-state index in [0.717, 1.165) is 74.2 Å². The predicted molar refractivity (Wildman–Crippen MR) is 146 cm³/mol. The van der Waals surface area contributed by atoms with Gasteiger partial charge in [-0.3, -0.25) is 4.90 Å². The third-order valence-electron chi connectivity index (χ3n) is 7.67. The molecule has 192 valence electrons. The van der Waals surface area contributed by atoms with E-state index in [9.17, 15) is 0 Å². The van der Waals surface area contributed by atoms with Crippen LogP contribution in [0.1, 0.15) is 44.6 Å². The summed E-state index contributed by atoms with van der Waals surface area (Å²) in [7, 11) is 3.34. The van der Waals surface area contributed by atoms with Crippen LogP contribution in [0.2, 0.25) is 0 Å². The first-order valence-corrected chi connectivity index (χ1v) is 13.3. The Kier molecular flexibility index (Phi) is 7.75. The molecule has 0 spiro atoms. The van der Waals surface area contributed by atoms with Gasteiger partial charge in [-0.15, -0.1) is 0 Å². The Bertz CT molecular complexity index is 1150. The van der Waals surface area contributed by atoms with Gasteiger partial charge in [0.25, 0.3) is 0 Å². The van der Waals surface area contributed by atoms with Gasteiger partial charge in [-0.05, 0) is 49.7 Å². The van der Waals surface area contributed by atoms with Crippen molar-refractivity contribution in [2.24, 2.45) is 5.92 Å². The van der Waals surface area contributed by atoms with Crippen LogP contribution in [0.15, 0.2) is 42.5 Å². The smallest absolute Gasteiger partial charge is 0.227 e. The van der Waals surface area contributed by atoms with Crippen molar-refractivity contribution in [2.45, 2.75) is 51.6 Å². The fourth-order valence-electron chi connectivity index (χ4n) is 5.43. The molecule has 2 aliphatic heterocycles. The van der Waals surface area contributed by atoms with Gasteiger partial charge in [0.1, 0.15) is 5.82 Å². The highest BCUT2D eigenvalue weighted by molar-refractivity contribution is 5.93. The molecular weight excluding hydrogens is 450 g/mol. The summed E-state index contributed by atoms with van der Waals surface area (Å²) < 4.78 is 11.2. The predicted octanol–water partition coefficient (Wildman–Crippen LogP) is 5.35. The fraction of sp³-hybridized carbons (Fsp3) is 0.517. The van der Waals surface area contributed by atoms with E-state index in [1.807, 2.05) is 12.1 Å². The minimum Gasteiger partial charge on any atom is -0.493 e. The number of rotatable bonds is 7. The number of benzene rings is 2. The molecule has 7 nitrogen and oxygen atoms in total. The lowest BCUT2D eigenvalue weighted by Crippen LogP contribution is -2.39. The van der Waals surface area contributed by atoms with Crippen LogP contribution in [-0.2, 0) is 6.54 Å². The summed E-state index contributed by atoms with van der Waals surface area (Å²) in [6, 6.07) is 15.1. The fourth-order valence-corrected chi connectivity index (χ4v) is 5.43. The Labute approximate surface area is 214 Å². The van der Waals surface area contributed by atoms with Gasteiger partial charge < -0.3 is 19.7 Å². The summed E-state index contributed by atoms with van der Waals surface area (Å²) in [4.78, 5) is 15.0. The molecule has 3 aromatic rings. The molecule has 2 aliphatic rings. The molecule has 1 unspecified atom stereocenters. The lowest BCUT2D eigenvalue weighted by molar-refractivity contribution is 0.211. The minimum absolute atomic E-state index is 0.375. The van der Waals surface area contributed by atoms with Gasteiger partial charge >= 0.3 is 0 Å². The Morgan fingerprint density at radius 3 is 2.39 bits per heavy atom. The monoisotopic (exact) mass is 489 g/mol. The summed E-state index contributed by atoms with van der Waals surface area (Å²) in [6.07, 6.45) is 5.79. The van der Waals surface area contributed by atoms with Crippen LogP contribution in [-0.4, -0.2) is 61.3 Å². The van der Waals surface area contributed by atoms with Crippen LogP contribution in [0.4, 0.5) is 11.8 Å². The number of nitrogens with one attached hydrogen (secondary N) is 1. The van der Waals surface area contributed by atoms with Crippen LogP contribution in [0.25, 0.3) is 10.9 Å². The first kappa shape index (κ1) is 24.6. The number of fused-ring (bicyclic) bond motifs is 1. The molecule has 1 N–H and O–H groups in total. The summed E-state index contributed by atoms with van der Waals surface area (Å²) >= 11 is 0. The highest BCUT2D eigenvalue weighted by atomic mass is 16.5. The normalized spacial score (nSPS) is 19.8. The summed E-state index contributed by atoms with van der Waals surface area (Å²) in [6.45, 7) is 7.50. The van der Waals surface area contributed by atoms with Gasteiger partial charge in [-0.25, -0.2) is 4.98 Å². The molecule has 3 heterocycles. The van der Waals surface area contributed by atoms with E-state index in [2.05, 4.69) is 52.4 Å². The standard InChI is InChI=1S/C29H39N5O2/c1-21-8-7-14-34(17-11-21)29-31-25-19-27(36-3)26(35-2)18-24(25)28(32-29)30-23-12-15-33(16-13-23)20-22-9-5-4-6-10-22/h4-6,9-10,18-19,21,23H,7-8,11-17,20H2,1-3H3,(H,30,31,32). The Morgan fingerprint density at radius 2 is 1.64 bits per heavy atom. The van der Waals surface area contributed by atoms with E-state index in [1.54, 1.807) is 14.2 Å². The van der Waals surface area contributed by atoms with Gasteiger partial charge in [0.2, 0.25) is 5.95 Å². The molecule has 2 aromatic carbocycles. The molecule has 36 heavy (non-hydrogen) atoms. The van der Waals surface area contributed by atoms with Gasteiger partial charge in [0, 0.05) is 50.2 Å². The molecule has 1 aromatic heterocycles. The van der Waals surface area contributed by atoms with Crippen LogP contribution in [0.5, 0.6) is 11.5 Å². The maximum absolute atomic E-state index is 5.61. The van der Waals surface area contributed by atoms with Crippen molar-refractivity contribution in [1.29, 1.82) is 0 Å². The van der Waals surface area contributed by atoms with Crippen LogP contribution >= 0.6 is 0 Å². The molecule has 0 bridgehead atoms. The van der Waals surface area contributed by atoms with Crippen molar-refractivity contribution < 1.29 is 9.47 Å². The molecule has 2 saturated heterocycles. The zero-order chi connectivity index (χ0) is 24.9. The molecule has 5 rings (SSSR count). The van der Waals surface area contributed by atoms with Crippen molar-refractivity contribution in [1.82, 2.24) is 14.9 Å². The Balaban J connectivity index is 1.38. The first-order chi connectivity index (χ1) is 17.6. The number of piperidine rings is 1. The van der Waals surface area contributed by atoms with E-state index in [0.29, 0.717) is 17.5 Å². The van der Waals surface area contributed by atoms with E-state index in [4.69, 9.17) is 19.4 Å². The van der Waals surface area contributed by atoms with Gasteiger partial charge in [-0.2, -0.15) is 4.98 Å². The zero-order valence-electron chi connectivity index (χ0n) is 21.9. The maximum Gasteiger partial charge on any atom is 0.227 e. The average molecular weight is 490 g/mol. The lowest BCUT2D eigenvalue weighted by atomic mass is 10.0. The lowest BCUT2D eigenvalue weighted by Gasteiger charge is -2.33. The van der Waals surface area contributed by atoms with Gasteiger partial charge in [0.05, 0.1) is 19.7 Å². The quantitative estimate of drug-likeness (QED) is 0.480. The number of ether oxygens (including phenoxy) is 2. The minimum atomic E-state index is 0.375. The van der Waals surface area contributed by atoms with Crippen LogP contribution < -0.4 is 19.7 Å². The van der Waals surface area contributed by atoms with Gasteiger partial charge in [-0.1, -0.05) is 37.3 Å². The molecular formula is C29H39N5O2. The Morgan fingerprint density at radius 1 is 0.889 bits per heavy atom. The zero-order valence-corrected chi connectivity index (χ0v) is 21.9. The second kappa shape index (κ2) is 11.3. The number of hydrogen-bond acceptors (Lipinski definition) is 7. The van der Waals surface area contributed by atoms with E-state index in [-0.39, 0.29) is 0 Å². The molecule has 0 radical (unpaired) electrons. The van der Waals surface area contributed by atoms with Crippen molar-refractivity contribution in [2.75, 3.05) is 50.6 Å². The molecule has 0 saturated carbocycles. The summed E-state index contributed by atoms with van der Waals surface area (Å²) in [5, 5.41) is 4.78. The third-order valence-corrected chi connectivity index (χ3v) is 7.67. The largest absolute Gasteiger partial charge is 0.493 e. The molecule has 0 amide bonds. The SMILES string of the molecule is COc1cc2nc(N3CCCC(C)CC3)nc(NC3CCN(Cc4ccccc4)CC3)c2cc1OC. The van der Waals surface area contributed by atoms with Crippen molar-refractivity contribution in [3.8, 4) is 11.5 Å². The number of methoxy groups -OCH3 is 2. The summed E-state index contributed by atoms with van der Waals surface area (Å²) in [5.41, 5.74) is 2.27. The number of nitrogens with zero attached hydrogens (tertiary/aromatic N) is 4. The first-order valence-electron chi connectivity index (χ1n) is 13.3. The highest BCUT2D eigenvalue weighted by Gasteiger charge is 2.23. The molecule has 0 aliphatic carbocycles. The maximum atomic E-state index is 5.61. The van der Waals surface area contributed by atoms with Crippen molar-refractivity contribution in [3.05, 3.63) is 48.0 Å². The van der Waals surface area contributed by atoms with Crippen molar-refractivity contribution >= 4 is 22.7 Å². The van der Waals surface area contributed by atoms with Gasteiger partial charge in [0.15, 0.2) is 11.5 Å². The second-order valence-corrected chi connectivity index (χ2v) is 10.3. The van der Waals surface area contributed by atoms with E-state index >= 15 is 0 Å². The number of hydrogen-bond donors (Lipinski definition) is 1. The molecule has 7 heteroatoms. The van der Waals surface area contributed by atoms with E-state index < -0.39 is 0 Å². The number of likely N-dealkylation sites (tertiary alicyclic amines) is 1. The molecule has 1 atom stereocenters. The van der Waals surface area contributed by atoms with Crippen LogP contribution in [0.3, 0.4) is 0 Å². The molecule has 2 fully saturated rings. The van der Waals surface area contributed by atoms with E-state index in [1.165, 1.54) is 24.8 Å². The number of anilines is 2. The number of aromatic nitrogens is 2. The third kappa shape index (κ3) is 5.67. The van der Waals surface area contributed by atoms with Crippen LogP contribution in [0, 0.1) is 5.92 Å².